The van der Waals surface area contributed by atoms with Crippen molar-refractivity contribution in [1.82, 2.24) is 20.0 Å². The summed E-state index contributed by atoms with van der Waals surface area (Å²) in [6.07, 6.45) is 4.82. The van der Waals surface area contributed by atoms with Gasteiger partial charge in [-0.15, -0.1) is 5.10 Å². The zero-order chi connectivity index (χ0) is 17.1. The monoisotopic (exact) mass is 325 g/mol. The fraction of sp³-hybridized carbons (Fsp3) is 0.0500. The Morgan fingerprint density at radius 2 is 1.68 bits per heavy atom. The molecule has 5 nitrogen and oxygen atoms in total. The lowest BCUT2D eigenvalue weighted by Crippen LogP contribution is -1.92. The molecule has 120 valence electrons. The van der Waals surface area contributed by atoms with Crippen molar-refractivity contribution in [2.24, 2.45) is 0 Å². The molecule has 0 saturated heterocycles. The fourth-order valence-corrected chi connectivity index (χ4v) is 2.82. The summed E-state index contributed by atoms with van der Waals surface area (Å²) in [6.45, 7) is 0. The molecular formula is C20H15N5. The van der Waals surface area contributed by atoms with Crippen molar-refractivity contribution in [3.8, 4) is 23.0 Å². The molecule has 0 spiro atoms. The van der Waals surface area contributed by atoms with Crippen molar-refractivity contribution in [1.29, 1.82) is 5.26 Å². The third-order valence-electron chi connectivity index (χ3n) is 4.11. The minimum Gasteiger partial charge on any atom is -0.323 e. The highest BCUT2D eigenvalue weighted by atomic mass is 15.3. The summed E-state index contributed by atoms with van der Waals surface area (Å²) in [7, 11) is 0. The number of hydrogen-bond donors (Lipinski definition) is 1. The van der Waals surface area contributed by atoms with E-state index in [9.17, 15) is 0 Å². The Kier molecular flexibility index (Phi) is 3.85. The van der Waals surface area contributed by atoms with Gasteiger partial charge < -0.3 is 4.57 Å². The number of nitrogens with one attached hydrogen (secondary N) is 1. The van der Waals surface area contributed by atoms with Gasteiger partial charge in [-0.05, 0) is 35.7 Å². The van der Waals surface area contributed by atoms with Gasteiger partial charge in [0.25, 0.3) is 0 Å². The van der Waals surface area contributed by atoms with Crippen LogP contribution >= 0.6 is 0 Å². The Morgan fingerprint density at radius 3 is 2.44 bits per heavy atom. The molecule has 0 amide bonds. The van der Waals surface area contributed by atoms with Crippen LogP contribution in [-0.4, -0.2) is 20.0 Å². The van der Waals surface area contributed by atoms with Crippen LogP contribution in [0.25, 0.3) is 16.9 Å². The zero-order valence-corrected chi connectivity index (χ0v) is 13.4. The lowest BCUT2D eigenvalue weighted by molar-refractivity contribution is 0.937. The largest absolute Gasteiger partial charge is 0.323 e. The Bertz CT molecular complexity index is 1020. The third-order valence-corrected chi connectivity index (χ3v) is 4.11. The molecule has 0 radical (unpaired) electrons. The fourth-order valence-electron chi connectivity index (χ4n) is 2.82. The van der Waals surface area contributed by atoms with Gasteiger partial charge in [0.2, 0.25) is 0 Å². The Labute approximate surface area is 145 Å². The molecule has 0 aliphatic rings. The second-order valence-electron chi connectivity index (χ2n) is 5.77. The summed E-state index contributed by atoms with van der Waals surface area (Å²) in [5.41, 5.74) is 5.36. The SMILES string of the molecule is N#Cc1n[nH]nc1-c1ccn(-c2ccc(Cc3ccccc3)cc2)c1. The van der Waals surface area contributed by atoms with Gasteiger partial charge in [0, 0.05) is 23.6 Å². The average Bonchev–Trinajstić information content (AvgIpc) is 3.32. The molecule has 2 heterocycles. The van der Waals surface area contributed by atoms with Crippen LogP contribution in [-0.2, 0) is 6.42 Å². The number of nitriles is 1. The van der Waals surface area contributed by atoms with Crippen LogP contribution in [0.4, 0.5) is 0 Å². The summed E-state index contributed by atoms with van der Waals surface area (Å²) in [5, 5.41) is 19.5. The lowest BCUT2D eigenvalue weighted by atomic mass is 10.0. The first-order chi connectivity index (χ1) is 12.3. The van der Waals surface area contributed by atoms with Gasteiger partial charge >= 0.3 is 0 Å². The van der Waals surface area contributed by atoms with Gasteiger partial charge in [-0.3, -0.25) is 0 Å². The smallest absolute Gasteiger partial charge is 0.190 e. The molecule has 2 aromatic carbocycles. The standard InChI is InChI=1S/C20H15N5/c21-13-19-20(23-24-22-19)17-10-11-25(14-17)18-8-6-16(7-9-18)12-15-4-2-1-3-5-15/h1-11,14H,12H2,(H,22,23,24). The summed E-state index contributed by atoms with van der Waals surface area (Å²) in [4.78, 5) is 0. The van der Waals surface area contributed by atoms with E-state index >= 15 is 0 Å². The highest BCUT2D eigenvalue weighted by Gasteiger charge is 2.11. The molecule has 25 heavy (non-hydrogen) atoms. The Hall–Kier alpha value is -3.65. The number of rotatable bonds is 4. The van der Waals surface area contributed by atoms with E-state index in [1.807, 2.05) is 35.2 Å². The second-order valence-corrected chi connectivity index (χ2v) is 5.77. The van der Waals surface area contributed by atoms with Crippen LogP contribution in [0.15, 0.2) is 73.1 Å². The second kappa shape index (κ2) is 6.46. The average molecular weight is 325 g/mol. The Morgan fingerprint density at radius 1 is 0.920 bits per heavy atom. The first-order valence-electron chi connectivity index (χ1n) is 7.96. The van der Waals surface area contributed by atoms with Crippen LogP contribution in [0.2, 0.25) is 0 Å². The number of aromatic amines is 1. The highest BCUT2D eigenvalue weighted by Crippen LogP contribution is 2.22. The number of H-pyrrole nitrogens is 1. The minimum atomic E-state index is 0.302. The normalized spacial score (nSPS) is 10.5. The molecule has 0 unspecified atom stereocenters. The maximum Gasteiger partial charge on any atom is 0.190 e. The van der Waals surface area contributed by atoms with Crippen molar-refractivity contribution in [3.05, 3.63) is 89.9 Å². The molecule has 2 aromatic heterocycles. The molecule has 0 aliphatic heterocycles. The molecule has 0 aliphatic carbocycles. The van der Waals surface area contributed by atoms with Crippen LogP contribution in [0.3, 0.4) is 0 Å². The maximum absolute atomic E-state index is 9.06. The first kappa shape index (κ1) is 14.9. The van der Waals surface area contributed by atoms with Crippen LogP contribution in [0, 0.1) is 11.3 Å². The first-order valence-corrected chi connectivity index (χ1v) is 7.96. The number of hydrogen-bond acceptors (Lipinski definition) is 3. The van der Waals surface area contributed by atoms with Gasteiger partial charge in [0.1, 0.15) is 11.8 Å². The quantitative estimate of drug-likeness (QED) is 0.621. The van der Waals surface area contributed by atoms with Gasteiger partial charge in [-0.25, -0.2) is 0 Å². The number of aromatic nitrogens is 4. The molecule has 0 atom stereocenters. The van der Waals surface area contributed by atoms with Crippen molar-refractivity contribution in [2.75, 3.05) is 0 Å². The van der Waals surface area contributed by atoms with Crippen molar-refractivity contribution in [3.63, 3.8) is 0 Å². The topological polar surface area (TPSA) is 70.3 Å². The van der Waals surface area contributed by atoms with Crippen molar-refractivity contribution >= 4 is 0 Å². The number of benzene rings is 2. The third kappa shape index (κ3) is 3.06. The van der Waals surface area contributed by atoms with Crippen LogP contribution in [0.5, 0.6) is 0 Å². The molecular weight excluding hydrogens is 310 g/mol. The molecule has 0 bridgehead atoms. The molecule has 0 saturated carbocycles. The summed E-state index contributed by atoms with van der Waals surface area (Å²) < 4.78 is 2.01. The molecule has 4 rings (SSSR count). The maximum atomic E-state index is 9.06. The Balaban J connectivity index is 1.56. The summed E-state index contributed by atoms with van der Waals surface area (Å²) in [6, 6.07) is 22.9. The predicted octanol–water partition coefficient (Wildman–Crippen LogP) is 3.72. The van der Waals surface area contributed by atoms with Gasteiger partial charge in [-0.2, -0.15) is 15.6 Å². The summed E-state index contributed by atoms with van der Waals surface area (Å²) >= 11 is 0. The van der Waals surface area contributed by atoms with E-state index in [0.717, 1.165) is 17.7 Å². The van der Waals surface area contributed by atoms with Gasteiger partial charge in [-0.1, -0.05) is 42.5 Å². The van der Waals surface area contributed by atoms with Crippen LogP contribution in [0.1, 0.15) is 16.8 Å². The van der Waals surface area contributed by atoms with Crippen molar-refractivity contribution < 1.29 is 0 Å². The zero-order valence-electron chi connectivity index (χ0n) is 13.4. The lowest BCUT2D eigenvalue weighted by Gasteiger charge is -2.06. The van der Waals surface area contributed by atoms with Crippen molar-refractivity contribution in [2.45, 2.75) is 6.42 Å². The van der Waals surface area contributed by atoms with E-state index in [-0.39, 0.29) is 0 Å². The van der Waals surface area contributed by atoms with E-state index in [2.05, 4.69) is 63.9 Å². The minimum absolute atomic E-state index is 0.302. The van der Waals surface area contributed by atoms with E-state index in [1.165, 1.54) is 11.1 Å². The van der Waals surface area contributed by atoms with E-state index in [4.69, 9.17) is 5.26 Å². The van der Waals surface area contributed by atoms with Crippen LogP contribution < -0.4 is 0 Å². The van der Waals surface area contributed by atoms with E-state index in [1.54, 1.807) is 0 Å². The van der Waals surface area contributed by atoms with Gasteiger partial charge in [0.05, 0.1) is 0 Å². The molecule has 5 heteroatoms. The molecule has 0 fully saturated rings. The van der Waals surface area contributed by atoms with Gasteiger partial charge in [0.15, 0.2) is 5.69 Å². The van der Waals surface area contributed by atoms with E-state index < -0.39 is 0 Å². The highest BCUT2D eigenvalue weighted by molar-refractivity contribution is 5.64. The molecule has 1 N–H and O–H groups in total. The predicted molar refractivity (Wildman–Crippen MR) is 95.1 cm³/mol. The molecule has 4 aromatic rings. The van der Waals surface area contributed by atoms with E-state index in [0.29, 0.717) is 11.4 Å². The summed E-state index contributed by atoms with van der Waals surface area (Å²) in [5.74, 6) is 0. The number of nitrogens with zero attached hydrogens (tertiary/aromatic N) is 4.